The van der Waals surface area contributed by atoms with E-state index in [0.29, 0.717) is 13.0 Å². The van der Waals surface area contributed by atoms with Gasteiger partial charge in [-0.1, -0.05) is 0 Å². The minimum absolute atomic E-state index is 0.172. The van der Waals surface area contributed by atoms with Crippen LogP contribution in [-0.2, 0) is 6.54 Å². The number of carboxylic acids is 1. The van der Waals surface area contributed by atoms with Crippen LogP contribution in [0.2, 0.25) is 0 Å². The summed E-state index contributed by atoms with van der Waals surface area (Å²) in [6.07, 6.45) is 6.97. The van der Waals surface area contributed by atoms with Gasteiger partial charge >= 0.3 is 5.97 Å². The lowest BCUT2D eigenvalue weighted by atomic mass is 10.4. The highest BCUT2D eigenvalue weighted by atomic mass is 16.4. The van der Waals surface area contributed by atoms with Crippen LogP contribution < -0.4 is 0 Å². The van der Waals surface area contributed by atoms with Gasteiger partial charge in [0.25, 0.3) is 0 Å². The van der Waals surface area contributed by atoms with Crippen molar-refractivity contribution in [3.63, 3.8) is 0 Å². The summed E-state index contributed by atoms with van der Waals surface area (Å²) >= 11 is 0. The zero-order valence-electron chi connectivity index (χ0n) is 6.40. The van der Waals surface area contributed by atoms with E-state index in [1.165, 1.54) is 16.9 Å². The van der Waals surface area contributed by atoms with Gasteiger partial charge in [-0.15, -0.1) is 12.3 Å². The Kier molecular flexibility index (Phi) is 2.49. The van der Waals surface area contributed by atoms with E-state index >= 15 is 0 Å². The molecule has 0 saturated carbocycles. The molecule has 0 aliphatic heterocycles. The fourth-order valence-electron chi connectivity index (χ4n) is 0.863. The molecular formula is C8H8N2O2. The Hall–Kier alpha value is -1.76. The van der Waals surface area contributed by atoms with Crippen molar-refractivity contribution in [3.05, 3.63) is 18.0 Å². The maximum absolute atomic E-state index is 10.5. The maximum Gasteiger partial charge on any atom is 0.354 e. The number of hydrogen-bond acceptors (Lipinski definition) is 2. The highest BCUT2D eigenvalue weighted by Gasteiger charge is 2.08. The Morgan fingerprint density at radius 3 is 3.17 bits per heavy atom. The van der Waals surface area contributed by atoms with E-state index in [0.717, 1.165) is 0 Å². The van der Waals surface area contributed by atoms with Crippen molar-refractivity contribution >= 4 is 5.97 Å². The van der Waals surface area contributed by atoms with Crippen LogP contribution in [0.3, 0.4) is 0 Å². The molecule has 4 nitrogen and oxygen atoms in total. The predicted octanol–water partition coefficient (Wildman–Crippen LogP) is 0.605. The predicted molar refractivity (Wildman–Crippen MR) is 42.6 cm³/mol. The number of hydrogen-bond donors (Lipinski definition) is 1. The fourth-order valence-corrected chi connectivity index (χ4v) is 0.863. The van der Waals surface area contributed by atoms with E-state index in [4.69, 9.17) is 11.5 Å². The molecule has 1 heterocycles. The molecule has 0 amide bonds. The SMILES string of the molecule is C#CCCn1nccc1C(=O)O. The number of carboxylic acid groups (broad SMARTS) is 1. The van der Waals surface area contributed by atoms with E-state index in [-0.39, 0.29) is 5.69 Å². The van der Waals surface area contributed by atoms with Gasteiger partial charge in [0.2, 0.25) is 0 Å². The minimum atomic E-state index is -0.982. The van der Waals surface area contributed by atoms with Crippen molar-refractivity contribution in [1.29, 1.82) is 0 Å². The van der Waals surface area contributed by atoms with E-state index in [1.54, 1.807) is 0 Å². The highest BCUT2D eigenvalue weighted by Crippen LogP contribution is 1.99. The maximum atomic E-state index is 10.5. The Morgan fingerprint density at radius 2 is 2.58 bits per heavy atom. The Morgan fingerprint density at radius 1 is 1.83 bits per heavy atom. The van der Waals surface area contributed by atoms with E-state index in [9.17, 15) is 4.79 Å². The highest BCUT2D eigenvalue weighted by molar-refractivity contribution is 5.85. The quantitative estimate of drug-likeness (QED) is 0.666. The standard InChI is InChI=1S/C8H8N2O2/c1-2-3-6-10-7(8(11)12)4-5-9-10/h1,4-5H,3,6H2,(H,11,12). The lowest BCUT2D eigenvalue weighted by Crippen LogP contribution is -2.09. The first-order chi connectivity index (χ1) is 5.75. The van der Waals surface area contributed by atoms with Crippen molar-refractivity contribution in [2.24, 2.45) is 0 Å². The van der Waals surface area contributed by atoms with Gasteiger partial charge in [0.15, 0.2) is 0 Å². The van der Waals surface area contributed by atoms with Crippen LogP contribution in [0.5, 0.6) is 0 Å². The number of carbonyl (C=O) groups is 1. The van der Waals surface area contributed by atoms with Gasteiger partial charge in [-0.3, -0.25) is 4.68 Å². The van der Waals surface area contributed by atoms with Gasteiger partial charge in [-0.25, -0.2) is 4.79 Å². The third-order valence-corrected chi connectivity index (χ3v) is 1.40. The molecule has 1 N–H and O–H groups in total. The molecule has 12 heavy (non-hydrogen) atoms. The van der Waals surface area contributed by atoms with Crippen LogP contribution in [0, 0.1) is 12.3 Å². The lowest BCUT2D eigenvalue weighted by molar-refractivity contribution is 0.0683. The van der Waals surface area contributed by atoms with Crippen LogP contribution in [0.15, 0.2) is 12.3 Å². The molecule has 1 rings (SSSR count). The molecule has 0 saturated heterocycles. The lowest BCUT2D eigenvalue weighted by Gasteiger charge is -1.99. The van der Waals surface area contributed by atoms with Crippen molar-refractivity contribution in [2.45, 2.75) is 13.0 Å². The second kappa shape index (κ2) is 3.58. The molecule has 0 radical (unpaired) electrons. The first-order valence-corrected chi connectivity index (χ1v) is 3.44. The fraction of sp³-hybridized carbons (Fsp3) is 0.250. The molecule has 0 aliphatic carbocycles. The van der Waals surface area contributed by atoms with Crippen molar-refractivity contribution in [3.8, 4) is 12.3 Å². The van der Waals surface area contributed by atoms with E-state index < -0.39 is 5.97 Å². The van der Waals surface area contributed by atoms with Gasteiger partial charge in [-0.2, -0.15) is 5.10 Å². The normalized spacial score (nSPS) is 9.25. The summed E-state index contributed by atoms with van der Waals surface area (Å²) in [6.45, 7) is 0.450. The largest absolute Gasteiger partial charge is 0.477 e. The van der Waals surface area contributed by atoms with Crippen molar-refractivity contribution < 1.29 is 9.90 Å². The van der Waals surface area contributed by atoms with Crippen LogP contribution in [-0.4, -0.2) is 20.9 Å². The molecule has 1 aromatic rings. The molecular weight excluding hydrogens is 156 g/mol. The molecule has 0 spiro atoms. The summed E-state index contributed by atoms with van der Waals surface area (Å²) in [5, 5.41) is 12.5. The smallest absolute Gasteiger partial charge is 0.354 e. The summed E-state index contributed by atoms with van der Waals surface area (Å²) in [4.78, 5) is 10.5. The van der Waals surface area contributed by atoms with Crippen molar-refractivity contribution in [1.82, 2.24) is 9.78 Å². The topological polar surface area (TPSA) is 55.1 Å². The third kappa shape index (κ3) is 1.64. The zero-order valence-corrected chi connectivity index (χ0v) is 6.40. The molecule has 0 aliphatic rings. The summed E-state index contributed by atoms with van der Waals surface area (Å²) < 4.78 is 1.38. The number of rotatable bonds is 3. The second-order valence-electron chi connectivity index (χ2n) is 2.20. The average Bonchev–Trinajstić information content (AvgIpc) is 2.48. The molecule has 0 unspecified atom stereocenters. The molecule has 62 valence electrons. The number of aromatic carboxylic acids is 1. The van der Waals surface area contributed by atoms with Crippen LogP contribution in [0.1, 0.15) is 16.9 Å². The van der Waals surface area contributed by atoms with Gasteiger partial charge < -0.3 is 5.11 Å². The summed E-state index contributed by atoms with van der Waals surface area (Å²) in [7, 11) is 0. The summed E-state index contributed by atoms with van der Waals surface area (Å²) in [5.74, 6) is 1.44. The van der Waals surface area contributed by atoms with Crippen LogP contribution in [0.25, 0.3) is 0 Å². The summed E-state index contributed by atoms with van der Waals surface area (Å²) in [5.41, 5.74) is 0.172. The molecule has 0 bridgehead atoms. The Bertz CT molecular complexity index is 322. The zero-order chi connectivity index (χ0) is 8.97. The van der Waals surface area contributed by atoms with E-state index in [2.05, 4.69) is 11.0 Å². The van der Waals surface area contributed by atoms with Gasteiger partial charge in [0, 0.05) is 12.6 Å². The second-order valence-corrected chi connectivity index (χ2v) is 2.20. The van der Waals surface area contributed by atoms with Gasteiger partial charge in [-0.05, 0) is 6.07 Å². The molecule has 0 aromatic carbocycles. The number of aromatic nitrogens is 2. The van der Waals surface area contributed by atoms with Crippen LogP contribution in [0.4, 0.5) is 0 Å². The van der Waals surface area contributed by atoms with Crippen molar-refractivity contribution in [2.75, 3.05) is 0 Å². The molecule has 1 aromatic heterocycles. The Labute approximate surface area is 69.8 Å². The molecule has 0 fully saturated rings. The monoisotopic (exact) mass is 164 g/mol. The molecule has 4 heteroatoms. The molecule has 0 atom stereocenters. The first-order valence-electron chi connectivity index (χ1n) is 3.44. The summed E-state index contributed by atoms with van der Waals surface area (Å²) in [6, 6.07) is 1.44. The van der Waals surface area contributed by atoms with Gasteiger partial charge in [0.05, 0.1) is 6.54 Å². The third-order valence-electron chi connectivity index (χ3n) is 1.40. The van der Waals surface area contributed by atoms with Gasteiger partial charge in [0.1, 0.15) is 5.69 Å². The van der Waals surface area contributed by atoms with Crippen LogP contribution >= 0.6 is 0 Å². The number of aryl methyl sites for hydroxylation is 1. The Balaban J connectivity index is 2.79. The minimum Gasteiger partial charge on any atom is -0.477 e. The number of nitrogens with zero attached hydrogens (tertiary/aromatic N) is 2. The first kappa shape index (κ1) is 8.34. The average molecular weight is 164 g/mol. The number of terminal acetylenes is 1. The van der Waals surface area contributed by atoms with E-state index in [1.807, 2.05) is 0 Å².